The van der Waals surface area contributed by atoms with Gasteiger partial charge in [-0.15, -0.1) is 10.2 Å². The van der Waals surface area contributed by atoms with Gasteiger partial charge in [0.05, 0.1) is 0 Å². The maximum Gasteiger partial charge on any atom is 0.445 e. The average Bonchev–Trinajstić information content (AvgIpc) is 2.61. The number of hydrogen-bond acceptors (Lipinski definition) is 4. The number of nitrogens with one attached hydrogen (secondary N) is 1. The summed E-state index contributed by atoms with van der Waals surface area (Å²) >= 11 is 0.534. The Morgan fingerprint density at radius 3 is 2.53 bits per heavy atom. The molecule has 86 valence electrons. The molecule has 7 heteroatoms. The molecule has 1 N–H and O–H groups in total. The molecule has 1 aromatic rings. The highest BCUT2D eigenvalue weighted by Crippen LogP contribution is 2.32. The number of halogens is 3. The van der Waals surface area contributed by atoms with Gasteiger partial charge in [-0.2, -0.15) is 13.2 Å². The van der Waals surface area contributed by atoms with E-state index in [1.807, 2.05) is 13.8 Å². The molecule has 0 spiro atoms. The second-order valence-corrected chi connectivity index (χ2v) is 4.28. The number of anilines is 1. The molecule has 0 radical (unpaired) electrons. The van der Waals surface area contributed by atoms with Crippen molar-refractivity contribution >= 4 is 16.5 Å². The van der Waals surface area contributed by atoms with Gasteiger partial charge in [0.1, 0.15) is 0 Å². The quantitative estimate of drug-likeness (QED) is 0.877. The largest absolute Gasteiger partial charge is 0.445 e. The van der Waals surface area contributed by atoms with Crippen molar-refractivity contribution in [3.63, 3.8) is 0 Å². The Morgan fingerprint density at radius 2 is 2.07 bits per heavy atom. The molecule has 1 unspecified atom stereocenters. The van der Waals surface area contributed by atoms with Crippen molar-refractivity contribution in [2.45, 2.75) is 26.4 Å². The van der Waals surface area contributed by atoms with E-state index in [4.69, 9.17) is 0 Å². The van der Waals surface area contributed by atoms with E-state index >= 15 is 0 Å². The molecular weight excluding hydrogens is 227 g/mol. The highest BCUT2D eigenvalue weighted by molar-refractivity contribution is 7.15. The number of aromatic nitrogens is 2. The molecule has 15 heavy (non-hydrogen) atoms. The smallest absolute Gasteiger partial charge is 0.360 e. The molecular formula is C8H12F3N3S. The van der Waals surface area contributed by atoms with Crippen LogP contribution in [-0.4, -0.2) is 16.7 Å². The van der Waals surface area contributed by atoms with Crippen molar-refractivity contribution in [1.82, 2.24) is 10.2 Å². The lowest BCUT2D eigenvalue weighted by Gasteiger charge is -2.07. The highest BCUT2D eigenvalue weighted by Gasteiger charge is 2.35. The minimum atomic E-state index is -4.39. The van der Waals surface area contributed by atoms with Crippen LogP contribution >= 0.6 is 11.3 Å². The summed E-state index contributed by atoms with van der Waals surface area (Å²) in [5.74, 6) is 0.406. The minimum absolute atomic E-state index is 0.225. The summed E-state index contributed by atoms with van der Waals surface area (Å²) < 4.78 is 36.4. The van der Waals surface area contributed by atoms with Gasteiger partial charge in [0.15, 0.2) is 0 Å². The Morgan fingerprint density at radius 1 is 1.40 bits per heavy atom. The first-order chi connectivity index (χ1) is 6.93. The zero-order valence-electron chi connectivity index (χ0n) is 8.43. The van der Waals surface area contributed by atoms with Crippen LogP contribution in [0.1, 0.15) is 25.3 Å². The first kappa shape index (κ1) is 12.2. The van der Waals surface area contributed by atoms with Gasteiger partial charge < -0.3 is 5.32 Å². The van der Waals surface area contributed by atoms with Crippen LogP contribution in [0.4, 0.5) is 18.3 Å². The maximum atomic E-state index is 12.1. The molecule has 0 aliphatic carbocycles. The number of rotatable bonds is 4. The average molecular weight is 239 g/mol. The van der Waals surface area contributed by atoms with Gasteiger partial charge in [0, 0.05) is 6.54 Å². The van der Waals surface area contributed by atoms with Crippen molar-refractivity contribution in [2.24, 2.45) is 5.92 Å². The van der Waals surface area contributed by atoms with Crippen LogP contribution in [0.5, 0.6) is 0 Å². The Kier molecular flexibility index (Phi) is 3.90. The van der Waals surface area contributed by atoms with E-state index in [0.717, 1.165) is 6.42 Å². The zero-order valence-corrected chi connectivity index (χ0v) is 9.24. The van der Waals surface area contributed by atoms with Crippen LogP contribution in [-0.2, 0) is 6.18 Å². The van der Waals surface area contributed by atoms with Crippen molar-refractivity contribution < 1.29 is 13.2 Å². The molecule has 0 aromatic carbocycles. The normalized spacial score (nSPS) is 13.9. The van der Waals surface area contributed by atoms with Gasteiger partial charge in [-0.25, -0.2) is 0 Å². The second-order valence-electron chi connectivity index (χ2n) is 3.30. The van der Waals surface area contributed by atoms with Crippen LogP contribution in [0.3, 0.4) is 0 Å². The SMILES string of the molecule is CCC(C)CNc1nnc(C(F)(F)F)s1. The van der Waals surface area contributed by atoms with Crippen molar-refractivity contribution in [1.29, 1.82) is 0 Å². The van der Waals surface area contributed by atoms with E-state index in [9.17, 15) is 13.2 Å². The third kappa shape index (κ3) is 3.65. The molecule has 3 nitrogen and oxygen atoms in total. The minimum Gasteiger partial charge on any atom is -0.360 e. The molecule has 0 fully saturated rings. The van der Waals surface area contributed by atoms with E-state index in [1.54, 1.807) is 0 Å². The second kappa shape index (κ2) is 4.78. The molecule has 1 atom stereocenters. The van der Waals surface area contributed by atoms with Crippen molar-refractivity contribution in [3.8, 4) is 0 Å². The summed E-state index contributed by atoms with van der Waals surface area (Å²) in [5.41, 5.74) is 0. The lowest BCUT2D eigenvalue weighted by atomic mass is 10.1. The van der Waals surface area contributed by atoms with E-state index < -0.39 is 11.2 Å². The van der Waals surface area contributed by atoms with Gasteiger partial charge in [-0.1, -0.05) is 31.6 Å². The topological polar surface area (TPSA) is 37.8 Å². The maximum absolute atomic E-state index is 12.1. The fourth-order valence-corrected chi connectivity index (χ4v) is 1.43. The highest BCUT2D eigenvalue weighted by atomic mass is 32.1. The molecule has 0 bridgehead atoms. The third-order valence-corrected chi connectivity index (χ3v) is 2.89. The first-order valence-electron chi connectivity index (χ1n) is 4.58. The Balaban J connectivity index is 2.54. The lowest BCUT2D eigenvalue weighted by Crippen LogP contribution is -2.09. The standard InChI is InChI=1S/C8H12F3N3S/c1-3-5(2)4-12-7-14-13-6(15-7)8(9,10)11/h5H,3-4H2,1-2H3,(H,12,14). The summed E-state index contributed by atoms with van der Waals surface area (Å²) in [4.78, 5) is 0. The monoisotopic (exact) mass is 239 g/mol. The number of alkyl halides is 3. The zero-order chi connectivity index (χ0) is 11.5. The predicted molar refractivity (Wildman–Crippen MR) is 52.9 cm³/mol. The lowest BCUT2D eigenvalue weighted by molar-refractivity contribution is -0.138. The molecule has 1 aromatic heterocycles. The van der Waals surface area contributed by atoms with Gasteiger partial charge >= 0.3 is 6.18 Å². The van der Waals surface area contributed by atoms with Crippen LogP contribution in [0.25, 0.3) is 0 Å². The van der Waals surface area contributed by atoms with E-state index in [-0.39, 0.29) is 5.13 Å². The first-order valence-corrected chi connectivity index (χ1v) is 5.39. The fourth-order valence-electron chi connectivity index (χ4n) is 0.815. The summed E-state index contributed by atoms with van der Waals surface area (Å²) in [6.45, 7) is 4.65. The van der Waals surface area contributed by atoms with Crippen LogP contribution in [0, 0.1) is 5.92 Å². The van der Waals surface area contributed by atoms with Gasteiger partial charge in [0.2, 0.25) is 10.1 Å². The molecule has 0 saturated carbocycles. The van der Waals surface area contributed by atoms with E-state index in [1.165, 1.54) is 0 Å². The third-order valence-electron chi connectivity index (χ3n) is 1.97. The fraction of sp³-hybridized carbons (Fsp3) is 0.750. The van der Waals surface area contributed by atoms with E-state index in [0.29, 0.717) is 23.8 Å². The van der Waals surface area contributed by atoms with Crippen molar-refractivity contribution in [3.05, 3.63) is 5.01 Å². The molecule has 0 amide bonds. The van der Waals surface area contributed by atoms with Crippen LogP contribution in [0.15, 0.2) is 0 Å². The summed E-state index contributed by atoms with van der Waals surface area (Å²) in [6, 6.07) is 0. The summed E-state index contributed by atoms with van der Waals surface area (Å²) in [5, 5.41) is 8.65. The molecule has 0 aliphatic rings. The Labute approximate surface area is 89.7 Å². The van der Waals surface area contributed by atoms with Crippen LogP contribution in [0.2, 0.25) is 0 Å². The molecule has 0 aliphatic heterocycles. The van der Waals surface area contributed by atoms with Gasteiger partial charge in [-0.05, 0) is 5.92 Å². The molecule has 1 heterocycles. The van der Waals surface area contributed by atoms with Gasteiger partial charge in [0.25, 0.3) is 0 Å². The van der Waals surface area contributed by atoms with Gasteiger partial charge in [-0.3, -0.25) is 0 Å². The molecule has 0 saturated heterocycles. The number of hydrogen-bond donors (Lipinski definition) is 1. The van der Waals surface area contributed by atoms with Crippen LogP contribution < -0.4 is 5.32 Å². The number of nitrogens with zero attached hydrogens (tertiary/aromatic N) is 2. The Bertz CT molecular complexity index is 310. The summed E-state index contributed by atoms with van der Waals surface area (Å²) in [7, 11) is 0. The van der Waals surface area contributed by atoms with E-state index in [2.05, 4.69) is 15.5 Å². The van der Waals surface area contributed by atoms with Crippen molar-refractivity contribution in [2.75, 3.05) is 11.9 Å². The predicted octanol–water partition coefficient (Wildman–Crippen LogP) is 3.01. The Hall–Kier alpha value is -0.850. The molecule has 1 rings (SSSR count). The summed E-state index contributed by atoms with van der Waals surface area (Å²) in [6.07, 6.45) is -3.42.